The van der Waals surface area contributed by atoms with Gasteiger partial charge < -0.3 is 15.2 Å². The largest absolute Gasteiger partial charge is 0.497 e. The first-order valence-corrected chi connectivity index (χ1v) is 7.29. The summed E-state index contributed by atoms with van der Waals surface area (Å²) >= 11 is 0. The van der Waals surface area contributed by atoms with Gasteiger partial charge in [-0.25, -0.2) is 0 Å². The molecule has 1 aromatic carbocycles. The van der Waals surface area contributed by atoms with Crippen LogP contribution in [0.15, 0.2) is 24.3 Å². The number of nitrogens with one attached hydrogen (secondary N) is 1. The molecule has 0 bridgehead atoms. The van der Waals surface area contributed by atoms with Gasteiger partial charge in [0.15, 0.2) is 0 Å². The summed E-state index contributed by atoms with van der Waals surface area (Å²) in [6, 6.07) is 7.69. The number of amides is 1. The lowest BCUT2D eigenvalue weighted by molar-refractivity contribution is -0.123. The number of methoxy groups -OCH3 is 1. The Morgan fingerprint density at radius 3 is 2.95 bits per heavy atom. The first kappa shape index (κ1) is 14.9. The van der Waals surface area contributed by atoms with E-state index < -0.39 is 0 Å². The molecule has 0 aromatic heterocycles. The van der Waals surface area contributed by atoms with E-state index in [1.54, 1.807) is 7.11 Å². The Hall–Kier alpha value is -1.55. The van der Waals surface area contributed by atoms with Crippen molar-refractivity contribution in [3.05, 3.63) is 29.8 Å². The van der Waals surface area contributed by atoms with Crippen LogP contribution in [0.4, 0.5) is 0 Å². The number of ether oxygens (including phenoxy) is 1. The maximum absolute atomic E-state index is 11.9. The Bertz CT molecular complexity index is 447. The highest BCUT2D eigenvalue weighted by atomic mass is 16.5. The third-order valence-corrected chi connectivity index (χ3v) is 3.85. The van der Waals surface area contributed by atoms with Crippen molar-refractivity contribution in [2.24, 2.45) is 0 Å². The summed E-state index contributed by atoms with van der Waals surface area (Å²) in [6.45, 7) is 0. The second kappa shape index (κ2) is 7.29. The SMILES string of the molecule is COc1cccc(CCC(=O)N[C@@H]2CCCC[C@H]2O)c1. The van der Waals surface area contributed by atoms with Crippen LogP contribution in [0.5, 0.6) is 5.75 Å². The normalized spacial score (nSPS) is 22.3. The third kappa shape index (κ3) is 4.23. The summed E-state index contributed by atoms with van der Waals surface area (Å²) in [5, 5.41) is 12.8. The lowest BCUT2D eigenvalue weighted by Gasteiger charge is -2.28. The summed E-state index contributed by atoms with van der Waals surface area (Å²) < 4.78 is 5.16. The van der Waals surface area contributed by atoms with Gasteiger partial charge >= 0.3 is 0 Å². The first-order valence-electron chi connectivity index (χ1n) is 7.29. The zero-order chi connectivity index (χ0) is 14.4. The molecule has 2 atom stereocenters. The average Bonchev–Trinajstić information content (AvgIpc) is 2.48. The maximum atomic E-state index is 11.9. The minimum atomic E-state index is -0.385. The number of hydrogen-bond donors (Lipinski definition) is 2. The topological polar surface area (TPSA) is 58.6 Å². The van der Waals surface area contributed by atoms with Crippen molar-refractivity contribution in [1.82, 2.24) is 5.32 Å². The Balaban J connectivity index is 1.79. The second-order valence-corrected chi connectivity index (χ2v) is 5.38. The number of hydrogen-bond acceptors (Lipinski definition) is 3. The van der Waals surface area contributed by atoms with Crippen molar-refractivity contribution in [1.29, 1.82) is 0 Å². The van der Waals surface area contributed by atoms with Gasteiger partial charge in [-0.05, 0) is 37.0 Å². The van der Waals surface area contributed by atoms with Crippen LogP contribution in [0, 0.1) is 0 Å². The van der Waals surface area contributed by atoms with E-state index in [4.69, 9.17) is 4.74 Å². The molecule has 0 saturated heterocycles. The molecule has 2 rings (SSSR count). The molecular weight excluding hydrogens is 254 g/mol. The third-order valence-electron chi connectivity index (χ3n) is 3.85. The molecule has 4 nitrogen and oxygen atoms in total. The molecular formula is C16H23NO3. The Kier molecular flexibility index (Phi) is 5.41. The lowest BCUT2D eigenvalue weighted by Crippen LogP contribution is -2.45. The van der Waals surface area contributed by atoms with Crippen LogP contribution in [-0.2, 0) is 11.2 Å². The minimum Gasteiger partial charge on any atom is -0.497 e. The van der Waals surface area contributed by atoms with Gasteiger partial charge in [0.2, 0.25) is 5.91 Å². The summed E-state index contributed by atoms with van der Waals surface area (Å²) in [4.78, 5) is 11.9. The molecule has 2 N–H and O–H groups in total. The van der Waals surface area contributed by atoms with Crippen molar-refractivity contribution in [2.75, 3.05) is 7.11 Å². The molecule has 1 amide bonds. The van der Waals surface area contributed by atoms with E-state index in [0.29, 0.717) is 12.8 Å². The average molecular weight is 277 g/mol. The van der Waals surface area contributed by atoms with Crippen LogP contribution >= 0.6 is 0 Å². The summed E-state index contributed by atoms with van der Waals surface area (Å²) in [5.74, 6) is 0.824. The van der Waals surface area contributed by atoms with E-state index >= 15 is 0 Å². The molecule has 110 valence electrons. The number of carbonyl (C=O) groups is 1. The van der Waals surface area contributed by atoms with E-state index in [0.717, 1.165) is 37.0 Å². The van der Waals surface area contributed by atoms with E-state index in [-0.39, 0.29) is 18.1 Å². The predicted octanol–water partition coefficient (Wildman–Crippen LogP) is 2.05. The van der Waals surface area contributed by atoms with Gasteiger partial charge in [-0.2, -0.15) is 0 Å². The molecule has 1 saturated carbocycles. The van der Waals surface area contributed by atoms with Gasteiger partial charge in [-0.1, -0.05) is 25.0 Å². The Labute approximate surface area is 120 Å². The smallest absolute Gasteiger partial charge is 0.220 e. The van der Waals surface area contributed by atoms with E-state index in [1.807, 2.05) is 24.3 Å². The molecule has 0 heterocycles. The Morgan fingerprint density at radius 2 is 2.20 bits per heavy atom. The molecule has 0 unspecified atom stereocenters. The summed E-state index contributed by atoms with van der Waals surface area (Å²) in [6.07, 6.45) is 4.55. The van der Waals surface area contributed by atoms with E-state index in [9.17, 15) is 9.90 Å². The van der Waals surface area contributed by atoms with Gasteiger partial charge in [0, 0.05) is 6.42 Å². The van der Waals surface area contributed by atoms with Gasteiger partial charge in [-0.3, -0.25) is 4.79 Å². The lowest BCUT2D eigenvalue weighted by atomic mass is 9.92. The fourth-order valence-corrected chi connectivity index (χ4v) is 2.64. The molecule has 0 spiro atoms. The first-order chi connectivity index (χ1) is 9.69. The number of benzene rings is 1. The fourth-order valence-electron chi connectivity index (χ4n) is 2.64. The molecule has 1 fully saturated rings. The Morgan fingerprint density at radius 1 is 1.40 bits per heavy atom. The number of aliphatic hydroxyl groups is 1. The molecule has 1 aliphatic rings. The zero-order valence-corrected chi connectivity index (χ0v) is 12.0. The second-order valence-electron chi connectivity index (χ2n) is 5.38. The molecule has 0 radical (unpaired) electrons. The summed E-state index contributed by atoms with van der Waals surface area (Å²) in [5.41, 5.74) is 1.09. The maximum Gasteiger partial charge on any atom is 0.220 e. The van der Waals surface area contributed by atoms with Crippen molar-refractivity contribution in [2.45, 2.75) is 50.7 Å². The van der Waals surface area contributed by atoms with Crippen molar-refractivity contribution in [3.8, 4) is 5.75 Å². The minimum absolute atomic E-state index is 0.0127. The van der Waals surface area contributed by atoms with Crippen LogP contribution in [0.3, 0.4) is 0 Å². The van der Waals surface area contributed by atoms with Gasteiger partial charge in [0.05, 0.1) is 19.3 Å². The van der Waals surface area contributed by atoms with Crippen LogP contribution < -0.4 is 10.1 Å². The molecule has 4 heteroatoms. The highest BCUT2D eigenvalue weighted by Crippen LogP contribution is 2.19. The van der Waals surface area contributed by atoms with Gasteiger partial charge in [0.25, 0.3) is 0 Å². The molecule has 0 aliphatic heterocycles. The quantitative estimate of drug-likeness (QED) is 0.866. The predicted molar refractivity (Wildman–Crippen MR) is 77.7 cm³/mol. The van der Waals surface area contributed by atoms with Crippen molar-refractivity contribution >= 4 is 5.91 Å². The van der Waals surface area contributed by atoms with E-state index in [1.165, 1.54) is 0 Å². The van der Waals surface area contributed by atoms with Crippen LogP contribution in [0.2, 0.25) is 0 Å². The van der Waals surface area contributed by atoms with Crippen LogP contribution in [-0.4, -0.2) is 30.3 Å². The fraction of sp³-hybridized carbons (Fsp3) is 0.562. The van der Waals surface area contributed by atoms with Gasteiger partial charge in [-0.15, -0.1) is 0 Å². The summed E-state index contributed by atoms with van der Waals surface area (Å²) in [7, 11) is 1.64. The molecule has 20 heavy (non-hydrogen) atoms. The molecule has 1 aromatic rings. The standard InChI is InChI=1S/C16H23NO3/c1-20-13-6-4-5-12(11-13)9-10-16(19)17-14-7-2-3-8-15(14)18/h4-6,11,14-15,18H,2-3,7-10H2,1H3,(H,17,19)/t14-,15-/m1/s1. The number of aliphatic hydroxyl groups excluding tert-OH is 1. The van der Waals surface area contributed by atoms with Crippen LogP contribution in [0.25, 0.3) is 0 Å². The number of aryl methyl sites for hydroxylation is 1. The highest BCUT2D eigenvalue weighted by Gasteiger charge is 2.24. The van der Waals surface area contributed by atoms with Crippen molar-refractivity contribution in [3.63, 3.8) is 0 Å². The molecule has 1 aliphatic carbocycles. The monoisotopic (exact) mass is 277 g/mol. The van der Waals surface area contributed by atoms with Crippen LogP contribution in [0.1, 0.15) is 37.7 Å². The number of rotatable bonds is 5. The number of carbonyl (C=O) groups excluding carboxylic acids is 1. The van der Waals surface area contributed by atoms with E-state index in [2.05, 4.69) is 5.32 Å². The van der Waals surface area contributed by atoms with Gasteiger partial charge in [0.1, 0.15) is 5.75 Å². The van der Waals surface area contributed by atoms with Crippen molar-refractivity contribution < 1.29 is 14.6 Å². The zero-order valence-electron chi connectivity index (χ0n) is 12.0. The highest BCUT2D eigenvalue weighted by molar-refractivity contribution is 5.76.